The van der Waals surface area contributed by atoms with E-state index < -0.39 is 12.0 Å². The average molecular weight is 363 g/mol. The Labute approximate surface area is 147 Å². The van der Waals surface area contributed by atoms with E-state index in [2.05, 4.69) is 15.3 Å². The average Bonchev–Trinajstić information content (AvgIpc) is 2.64. The van der Waals surface area contributed by atoms with E-state index in [1.165, 1.54) is 20.3 Å². The largest absolute Gasteiger partial charge is 0.493 e. The molecule has 26 heavy (non-hydrogen) atoms. The molecular weight excluding hydrogens is 347 g/mol. The summed E-state index contributed by atoms with van der Waals surface area (Å²) in [5.41, 5.74) is 1.02. The van der Waals surface area contributed by atoms with E-state index in [1.54, 1.807) is 6.07 Å². The second-order valence-electron chi connectivity index (χ2n) is 5.46. The molecule has 136 valence electrons. The number of hydrogen-bond acceptors (Lipinski definition) is 5. The molecule has 0 saturated carbocycles. The van der Waals surface area contributed by atoms with Gasteiger partial charge in [-0.15, -0.1) is 0 Å². The summed E-state index contributed by atoms with van der Waals surface area (Å²) >= 11 is 0. The summed E-state index contributed by atoms with van der Waals surface area (Å²) in [6, 6.07) is 12.3. The van der Waals surface area contributed by atoms with Gasteiger partial charge in [0, 0.05) is 18.0 Å². The fourth-order valence-electron chi connectivity index (χ4n) is 2.50. The van der Waals surface area contributed by atoms with Crippen LogP contribution in [-0.2, 0) is 12.7 Å². The van der Waals surface area contributed by atoms with Gasteiger partial charge in [-0.2, -0.15) is 13.2 Å². The lowest BCUT2D eigenvalue weighted by molar-refractivity contribution is -0.144. The number of benzene rings is 2. The van der Waals surface area contributed by atoms with Crippen LogP contribution in [0.4, 0.5) is 19.0 Å². The maximum Gasteiger partial charge on any atom is 0.451 e. The number of aromatic nitrogens is 2. The summed E-state index contributed by atoms with van der Waals surface area (Å²) in [5, 5.41) is 3.37. The van der Waals surface area contributed by atoms with Gasteiger partial charge in [0.15, 0.2) is 11.5 Å². The van der Waals surface area contributed by atoms with Crippen LogP contribution in [0.3, 0.4) is 0 Å². The lowest BCUT2D eigenvalue weighted by Gasteiger charge is -2.15. The number of fused-ring (bicyclic) bond motifs is 1. The highest BCUT2D eigenvalue weighted by Gasteiger charge is 2.35. The molecule has 0 spiro atoms. The van der Waals surface area contributed by atoms with Gasteiger partial charge < -0.3 is 14.8 Å². The Morgan fingerprint density at radius 2 is 1.62 bits per heavy atom. The number of alkyl halides is 3. The molecule has 0 unspecified atom stereocenters. The zero-order valence-corrected chi connectivity index (χ0v) is 14.1. The molecular formula is C18H16F3N3O2. The van der Waals surface area contributed by atoms with Crippen molar-refractivity contribution in [2.75, 3.05) is 19.5 Å². The molecule has 8 heteroatoms. The number of methoxy groups -OCH3 is 2. The molecule has 0 bridgehead atoms. The van der Waals surface area contributed by atoms with Crippen molar-refractivity contribution < 1.29 is 22.6 Å². The fraction of sp³-hybridized carbons (Fsp3) is 0.222. The maximum atomic E-state index is 13.2. The quantitative estimate of drug-likeness (QED) is 0.733. The van der Waals surface area contributed by atoms with Crippen molar-refractivity contribution in [2.45, 2.75) is 12.7 Å². The maximum absolute atomic E-state index is 13.2. The molecule has 0 radical (unpaired) electrons. The Hall–Kier alpha value is -3.03. The minimum absolute atomic E-state index is 0.0760. The topological polar surface area (TPSA) is 56.3 Å². The van der Waals surface area contributed by atoms with Crippen molar-refractivity contribution in [2.24, 2.45) is 0 Å². The van der Waals surface area contributed by atoms with Crippen LogP contribution in [-0.4, -0.2) is 24.2 Å². The fourth-order valence-corrected chi connectivity index (χ4v) is 2.50. The van der Waals surface area contributed by atoms with Crippen LogP contribution in [0.1, 0.15) is 11.4 Å². The van der Waals surface area contributed by atoms with Crippen molar-refractivity contribution in [1.82, 2.24) is 9.97 Å². The van der Waals surface area contributed by atoms with Crippen molar-refractivity contribution in [3.63, 3.8) is 0 Å². The Balaban J connectivity index is 2.11. The van der Waals surface area contributed by atoms with Gasteiger partial charge in [-0.3, -0.25) is 0 Å². The lowest BCUT2D eigenvalue weighted by Crippen LogP contribution is -2.14. The van der Waals surface area contributed by atoms with Crippen molar-refractivity contribution in [1.29, 1.82) is 0 Å². The van der Waals surface area contributed by atoms with E-state index in [0.717, 1.165) is 5.56 Å². The predicted octanol–water partition coefficient (Wildman–Crippen LogP) is 4.28. The number of ether oxygens (including phenoxy) is 2. The summed E-state index contributed by atoms with van der Waals surface area (Å²) < 4.78 is 49.9. The molecule has 0 amide bonds. The first-order chi connectivity index (χ1) is 12.4. The molecule has 0 aliphatic carbocycles. The van der Waals surface area contributed by atoms with Gasteiger partial charge >= 0.3 is 6.18 Å². The van der Waals surface area contributed by atoms with Crippen LogP contribution in [0.15, 0.2) is 42.5 Å². The van der Waals surface area contributed by atoms with Crippen molar-refractivity contribution in [3.8, 4) is 11.5 Å². The van der Waals surface area contributed by atoms with Gasteiger partial charge in [-0.05, 0) is 11.6 Å². The molecule has 0 atom stereocenters. The molecule has 3 aromatic rings. The molecule has 1 heterocycles. The Morgan fingerprint density at radius 3 is 2.23 bits per heavy atom. The molecule has 3 rings (SSSR count). The highest BCUT2D eigenvalue weighted by atomic mass is 19.4. The van der Waals surface area contributed by atoms with Gasteiger partial charge in [-0.1, -0.05) is 30.3 Å². The van der Waals surface area contributed by atoms with Crippen LogP contribution in [0.5, 0.6) is 11.5 Å². The third-order valence-electron chi connectivity index (χ3n) is 3.76. The van der Waals surface area contributed by atoms with E-state index in [4.69, 9.17) is 9.47 Å². The highest BCUT2D eigenvalue weighted by molar-refractivity contribution is 5.91. The Kier molecular flexibility index (Phi) is 4.83. The van der Waals surface area contributed by atoms with Gasteiger partial charge in [-0.25, -0.2) is 9.97 Å². The van der Waals surface area contributed by atoms with Gasteiger partial charge in [0.2, 0.25) is 5.82 Å². The van der Waals surface area contributed by atoms with Crippen LogP contribution < -0.4 is 14.8 Å². The molecule has 5 nitrogen and oxygen atoms in total. The van der Waals surface area contributed by atoms with Crippen LogP contribution in [0.25, 0.3) is 10.9 Å². The number of nitrogens with zero attached hydrogens (tertiary/aromatic N) is 2. The van der Waals surface area contributed by atoms with Gasteiger partial charge in [0.1, 0.15) is 5.82 Å². The number of rotatable bonds is 5. The van der Waals surface area contributed by atoms with Crippen LogP contribution in [0, 0.1) is 0 Å². The molecule has 1 aromatic heterocycles. The van der Waals surface area contributed by atoms with Crippen LogP contribution in [0.2, 0.25) is 0 Å². The zero-order valence-electron chi connectivity index (χ0n) is 14.1. The Morgan fingerprint density at radius 1 is 0.962 bits per heavy atom. The lowest BCUT2D eigenvalue weighted by atomic mass is 10.2. The minimum atomic E-state index is -4.66. The number of anilines is 1. The van der Waals surface area contributed by atoms with E-state index in [9.17, 15) is 13.2 Å². The first kappa shape index (κ1) is 17.8. The smallest absolute Gasteiger partial charge is 0.451 e. The third kappa shape index (κ3) is 3.63. The molecule has 2 aromatic carbocycles. The second kappa shape index (κ2) is 7.07. The zero-order chi connectivity index (χ0) is 18.7. The minimum Gasteiger partial charge on any atom is -0.493 e. The monoisotopic (exact) mass is 363 g/mol. The van der Waals surface area contributed by atoms with Crippen LogP contribution >= 0.6 is 0 Å². The van der Waals surface area contributed by atoms with Crippen molar-refractivity contribution in [3.05, 3.63) is 53.9 Å². The van der Waals surface area contributed by atoms with E-state index in [0.29, 0.717) is 23.4 Å². The first-order valence-electron chi connectivity index (χ1n) is 7.71. The molecule has 0 aliphatic heterocycles. The molecule has 0 fully saturated rings. The van der Waals surface area contributed by atoms with E-state index >= 15 is 0 Å². The summed E-state index contributed by atoms with van der Waals surface area (Å²) in [4.78, 5) is 7.31. The molecule has 0 saturated heterocycles. The normalized spacial score (nSPS) is 11.4. The standard InChI is InChI=1S/C18H16F3N3O2/c1-25-14-8-12-13(9-15(14)26-2)23-17(18(19,20)21)24-16(12)22-10-11-6-4-3-5-7-11/h3-9H,10H2,1-2H3,(H,22,23,24). The van der Waals surface area contributed by atoms with Gasteiger partial charge in [0.05, 0.1) is 19.7 Å². The summed E-state index contributed by atoms with van der Waals surface area (Å²) in [6.07, 6.45) is -4.66. The summed E-state index contributed by atoms with van der Waals surface area (Å²) in [6.45, 7) is 0.318. The molecule has 1 N–H and O–H groups in total. The number of hydrogen-bond donors (Lipinski definition) is 1. The summed E-state index contributed by atoms with van der Waals surface area (Å²) in [5.74, 6) is -0.466. The van der Waals surface area contributed by atoms with E-state index in [-0.39, 0.29) is 11.3 Å². The number of halogens is 3. The van der Waals surface area contributed by atoms with Crippen molar-refractivity contribution >= 4 is 16.7 Å². The number of nitrogens with one attached hydrogen (secondary N) is 1. The second-order valence-corrected chi connectivity index (χ2v) is 5.46. The third-order valence-corrected chi connectivity index (χ3v) is 3.76. The first-order valence-corrected chi connectivity index (χ1v) is 7.71. The predicted molar refractivity (Wildman–Crippen MR) is 91.4 cm³/mol. The van der Waals surface area contributed by atoms with Gasteiger partial charge in [0.25, 0.3) is 0 Å². The highest BCUT2D eigenvalue weighted by Crippen LogP contribution is 2.36. The van der Waals surface area contributed by atoms with E-state index in [1.807, 2.05) is 30.3 Å². The summed E-state index contributed by atoms with van der Waals surface area (Å²) in [7, 11) is 2.86. The molecule has 0 aliphatic rings. The SMILES string of the molecule is COc1cc2nc(C(F)(F)F)nc(NCc3ccccc3)c2cc1OC. The Bertz CT molecular complexity index is 915.